The van der Waals surface area contributed by atoms with E-state index in [0.29, 0.717) is 0 Å². The average molecular weight is 274 g/mol. The summed E-state index contributed by atoms with van der Waals surface area (Å²) in [5, 5.41) is 10.6. The summed E-state index contributed by atoms with van der Waals surface area (Å²) in [6.07, 6.45) is -1.94. The molecule has 0 fully saturated rings. The van der Waals surface area contributed by atoms with Crippen LogP contribution in [0.5, 0.6) is 0 Å². The highest BCUT2D eigenvalue weighted by molar-refractivity contribution is 5.61. The summed E-state index contributed by atoms with van der Waals surface area (Å²) >= 11 is 0. The molecule has 1 aromatic rings. The Labute approximate surface area is 105 Å². The highest BCUT2D eigenvalue weighted by Crippen LogP contribution is 2.37. The molecule has 0 radical (unpaired) electrons. The molecule has 0 unspecified atom stereocenters. The van der Waals surface area contributed by atoms with Gasteiger partial charge in [0, 0.05) is 23.9 Å². The van der Waals surface area contributed by atoms with E-state index in [9.17, 15) is 23.3 Å². The number of nitro groups is 1. The van der Waals surface area contributed by atoms with Gasteiger partial charge in [-0.25, -0.2) is 13.2 Å². The highest BCUT2D eigenvalue weighted by atomic mass is 19.3. The minimum Gasteiger partial charge on any atom is -0.373 e. The van der Waals surface area contributed by atoms with Crippen molar-refractivity contribution in [2.24, 2.45) is 4.99 Å². The number of benzene rings is 1. The lowest BCUT2D eigenvalue weighted by Crippen LogP contribution is -2.41. The number of hydrogen-bond acceptors (Lipinski definition) is 4. The Hall–Kier alpha value is -1.96. The first kappa shape index (κ1) is 13.5. The first-order valence-electron chi connectivity index (χ1n) is 5.31. The smallest absolute Gasteiger partial charge is 0.270 e. The van der Waals surface area contributed by atoms with Gasteiger partial charge in [0.25, 0.3) is 12.1 Å². The predicted molar refractivity (Wildman–Crippen MR) is 60.0 cm³/mol. The van der Waals surface area contributed by atoms with Gasteiger partial charge in [0.1, 0.15) is 5.82 Å². The molecule has 1 aromatic carbocycles. The third kappa shape index (κ3) is 2.30. The third-order valence-corrected chi connectivity index (χ3v) is 2.82. The molecule has 1 aliphatic rings. The number of aliphatic imine (C=N–C) groups is 1. The zero-order chi connectivity index (χ0) is 14.0. The maximum Gasteiger partial charge on any atom is 0.270 e. The van der Waals surface area contributed by atoms with Crippen molar-refractivity contribution in [1.82, 2.24) is 0 Å². The summed E-state index contributed by atoms with van der Waals surface area (Å²) in [5.74, 6) is -0.978. The second kappa shape index (κ2) is 4.96. The molecular weight excluding hydrogens is 265 g/mol. The topological polar surface area (TPSA) is 64.7 Å². The van der Waals surface area contributed by atoms with E-state index in [-0.39, 0.29) is 6.61 Å². The maximum atomic E-state index is 13.7. The molecule has 1 aliphatic heterocycles. The molecule has 0 amide bonds. The van der Waals surface area contributed by atoms with Crippen LogP contribution in [-0.4, -0.2) is 30.8 Å². The molecule has 0 aliphatic carbocycles. The van der Waals surface area contributed by atoms with Crippen LogP contribution in [0.2, 0.25) is 0 Å². The first-order valence-corrected chi connectivity index (χ1v) is 5.31. The Morgan fingerprint density at radius 3 is 2.74 bits per heavy atom. The number of rotatable bonds is 3. The molecule has 0 aromatic heterocycles. The average Bonchev–Trinajstić information content (AvgIpc) is 2.39. The largest absolute Gasteiger partial charge is 0.373 e. The van der Waals surface area contributed by atoms with Gasteiger partial charge in [-0.3, -0.25) is 15.1 Å². The summed E-state index contributed by atoms with van der Waals surface area (Å²) < 4.78 is 45.1. The molecule has 8 heteroatoms. The molecule has 0 saturated carbocycles. The molecule has 2 rings (SSSR count). The predicted octanol–water partition coefficient (Wildman–Crippen LogP) is 2.30. The fourth-order valence-electron chi connectivity index (χ4n) is 1.85. The molecule has 5 nitrogen and oxygen atoms in total. The minimum atomic E-state index is -3.04. The van der Waals surface area contributed by atoms with Crippen LogP contribution in [0.1, 0.15) is 5.56 Å². The van der Waals surface area contributed by atoms with Gasteiger partial charge < -0.3 is 4.74 Å². The second-order valence-electron chi connectivity index (χ2n) is 3.97. The van der Waals surface area contributed by atoms with E-state index in [2.05, 4.69) is 4.99 Å². The van der Waals surface area contributed by atoms with Gasteiger partial charge in [0.15, 0.2) is 5.54 Å². The van der Waals surface area contributed by atoms with E-state index in [1.54, 1.807) is 0 Å². The standard InChI is InChI=1S/C11H9F3N2O3/c12-9-2-1-7(16(17)18)5-8(9)11(10(13)14)6-19-4-3-15-11/h1-3,5,10H,4,6H2/t11-/m0/s1. The highest BCUT2D eigenvalue weighted by Gasteiger charge is 2.45. The third-order valence-electron chi connectivity index (χ3n) is 2.82. The van der Waals surface area contributed by atoms with Gasteiger partial charge in [0.05, 0.1) is 18.1 Å². The van der Waals surface area contributed by atoms with Crippen LogP contribution < -0.4 is 0 Å². The van der Waals surface area contributed by atoms with Crippen molar-refractivity contribution in [2.75, 3.05) is 13.2 Å². The molecule has 1 atom stereocenters. The molecule has 0 spiro atoms. The number of hydrogen-bond donors (Lipinski definition) is 0. The Balaban J connectivity index is 2.59. The van der Waals surface area contributed by atoms with E-state index in [0.717, 1.165) is 24.4 Å². The number of nitro benzene ring substituents is 1. The van der Waals surface area contributed by atoms with Crippen LogP contribution in [0.3, 0.4) is 0 Å². The Kier molecular flexibility index (Phi) is 3.52. The second-order valence-corrected chi connectivity index (χ2v) is 3.97. The maximum absolute atomic E-state index is 13.7. The van der Waals surface area contributed by atoms with E-state index >= 15 is 0 Å². The van der Waals surface area contributed by atoms with E-state index in [1.807, 2.05) is 0 Å². The summed E-state index contributed by atoms with van der Waals surface area (Å²) in [5.41, 5.74) is -3.24. The van der Waals surface area contributed by atoms with Gasteiger partial charge in [0.2, 0.25) is 0 Å². The molecule has 0 bridgehead atoms. The number of alkyl halides is 2. The molecule has 19 heavy (non-hydrogen) atoms. The Morgan fingerprint density at radius 2 is 2.21 bits per heavy atom. The molecule has 1 heterocycles. The van der Waals surface area contributed by atoms with Crippen LogP contribution in [0.15, 0.2) is 23.2 Å². The summed E-state index contributed by atoms with van der Waals surface area (Å²) in [4.78, 5) is 13.5. The van der Waals surface area contributed by atoms with E-state index < -0.39 is 40.6 Å². The van der Waals surface area contributed by atoms with Gasteiger partial charge in [-0.2, -0.15) is 0 Å². The number of non-ortho nitro benzene ring substituents is 1. The lowest BCUT2D eigenvalue weighted by Gasteiger charge is -2.31. The molecule has 102 valence electrons. The van der Waals surface area contributed by atoms with Crippen LogP contribution in [0.4, 0.5) is 18.9 Å². The zero-order valence-corrected chi connectivity index (χ0v) is 9.55. The molecule has 0 saturated heterocycles. The number of halogens is 3. The van der Waals surface area contributed by atoms with Crippen molar-refractivity contribution in [3.8, 4) is 0 Å². The molecule has 0 N–H and O–H groups in total. The number of nitrogens with zero attached hydrogens (tertiary/aromatic N) is 2. The molecular formula is C11H9F3N2O3. The van der Waals surface area contributed by atoms with Crippen molar-refractivity contribution < 1.29 is 22.8 Å². The van der Waals surface area contributed by atoms with Crippen molar-refractivity contribution in [2.45, 2.75) is 12.0 Å². The van der Waals surface area contributed by atoms with Gasteiger partial charge in [-0.15, -0.1) is 0 Å². The minimum absolute atomic E-state index is 0.0466. The van der Waals surface area contributed by atoms with Gasteiger partial charge in [-0.1, -0.05) is 0 Å². The van der Waals surface area contributed by atoms with Crippen molar-refractivity contribution in [3.05, 3.63) is 39.7 Å². The zero-order valence-electron chi connectivity index (χ0n) is 9.55. The van der Waals surface area contributed by atoms with Crippen molar-refractivity contribution in [3.63, 3.8) is 0 Å². The first-order chi connectivity index (χ1) is 8.97. The van der Waals surface area contributed by atoms with Gasteiger partial charge >= 0.3 is 0 Å². The summed E-state index contributed by atoms with van der Waals surface area (Å²) in [6.45, 7) is -0.482. The Bertz CT molecular complexity index is 536. The van der Waals surface area contributed by atoms with Crippen LogP contribution in [0, 0.1) is 15.9 Å². The van der Waals surface area contributed by atoms with Crippen LogP contribution in [0.25, 0.3) is 0 Å². The van der Waals surface area contributed by atoms with E-state index in [1.165, 1.54) is 0 Å². The number of ether oxygens (including phenoxy) is 1. The lowest BCUT2D eigenvalue weighted by atomic mass is 9.90. The van der Waals surface area contributed by atoms with E-state index in [4.69, 9.17) is 4.74 Å². The van der Waals surface area contributed by atoms with Gasteiger partial charge in [-0.05, 0) is 6.07 Å². The van der Waals surface area contributed by atoms with Crippen molar-refractivity contribution >= 4 is 11.9 Å². The fourth-order valence-corrected chi connectivity index (χ4v) is 1.85. The van der Waals surface area contributed by atoms with Crippen molar-refractivity contribution in [1.29, 1.82) is 0 Å². The lowest BCUT2D eigenvalue weighted by molar-refractivity contribution is -0.385. The van der Waals surface area contributed by atoms with Crippen LogP contribution in [-0.2, 0) is 10.3 Å². The fraction of sp³-hybridized carbons (Fsp3) is 0.364. The summed E-state index contributed by atoms with van der Waals surface area (Å²) in [7, 11) is 0. The SMILES string of the molecule is O=[N+]([O-])c1ccc(F)c([C@]2(C(F)F)COCC=N2)c1. The Morgan fingerprint density at radius 1 is 1.47 bits per heavy atom. The normalized spacial score (nSPS) is 22.7. The quantitative estimate of drug-likeness (QED) is 0.627. The van der Waals surface area contributed by atoms with Crippen LogP contribution >= 0.6 is 0 Å². The summed E-state index contributed by atoms with van der Waals surface area (Å²) in [6, 6.07) is 2.46. The monoisotopic (exact) mass is 274 g/mol.